The van der Waals surface area contributed by atoms with Crippen molar-refractivity contribution in [3.63, 3.8) is 0 Å². The fraction of sp³-hybridized carbons (Fsp3) is 0.267. The van der Waals surface area contributed by atoms with Crippen molar-refractivity contribution in [3.05, 3.63) is 83.7 Å². The molecule has 0 radical (unpaired) electrons. The van der Waals surface area contributed by atoms with Crippen molar-refractivity contribution in [2.75, 3.05) is 30.8 Å². The second-order valence-electron chi connectivity index (χ2n) is 9.95. The number of aryl methyl sites for hydroxylation is 1. The van der Waals surface area contributed by atoms with Crippen molar-refractivity contribution in [1.29, 1.82) is 0 Å². The van der Waals surface area contributed by atoms with Gasteiger partial charge in [0.2, 0.25) is 0 Å². The lowest BCUT2D eigenvalue weighted by atomic mass is 10.1. The Morgan fingerprint density at radius 3 is 2.63 bits per heavy atom. The summed E-state index contributed by atoms with van der Waals surface area (Å²) in [6, 6.07) is 18.6. The van der Waals surface area contributed by atoms with E-state index in [9.17, 15) is 4.79 Å². The first-order valence-electron chi connectivity index (χ1n) is 13.5. The number of ether oxygens (including phenoxy) is 2. The molecule has 5 aromatic rings. The third kappa shape index (κ3) is 5.99. The number of amides is 1. The molecule has 4 heterocycles. The van der Waals surface area contributed by atoms with Crippen molar-refractivity contribution >= 4 is 28.6 Å². The number of benzene rings is 2. The van der Waals surface area contributed by atoms with Gasteiger partial charge in [0.15, 0.2) is 17.3 Å². The van der Waals surface area contributed by atoms with Crippen LogP contribution in [0.25, 0.3) is 11.0 Å². The molecule has 1 saturated heterocycles. The summed E-state index contributed by atoms with van der Waals surface area (Å²) in [4.78, 5) is 17.3. The van der Waals surface area contributed by atoms with Gasteiger partial charge in [-0.15, -0.1) is 0 Å². The molecule has 1 atom stereocenters. The van der Waals surface area contributed by atoms with E-state index in [0.29, 0.717) is 40.8 Å². The molecule has 3 aromatic heterocycles. The average molecular weight is 554 g/mol. The van der Waals surface area contributed by atoms with Crippen LogP contribution in [0.1, 0.15) is 34.5 Å². The number of carbonyl (C=O) groups is 1. The molecule has 3 N–H and O–H groups in total. The van der Waals surface area contributed by atoms with Crippen LogP contribution in [0.2, 0.25) is 0 Å². The Labute approximate surface area is 236 Å². The molecular formula is C30H31N7O4. The average Bonchev–Trinajstić information content (AvgIpc) is 3.57. The predicted octanol–water partition coefficient (Wildman–Crippen LogP) is 4.99. The molecule has 1 fully saturated rings. The fourth-order valence-corrected chi connectivity index (χ4v) is 4.85. The Morgan fingerprint density at radius 1 is 1.12 bits per heavy atom. The van der Waals surface area contributed by atoms with Gasteiger partial charge in [-0.3, -0.25) is 4.79 Å². The van der Waals surface area contributed by atoms with Crippen LogP contribution < -0.4 is 25.4 Å². The van der Waals surface area contributed by atoms with E-state index in [-0.39, 0.29) is 11.9 Å². The highest BCUT2D eigenvalue weighted by Gasteiger charge is 2.21. The third-order valence-corrected chi connectivity index (χ3v) is 6.94. The monoisotopic (exact) mass is 553 g/mol. The molecule has 0 saturated carbocycles. The summed E-state index contributed by atoms with van der Waals surface area (Å²) in [5.41, 5.74) is 2.25. The van der Waals surface area contributed by atoms with E-state index < -0.39 is 0 Å². The number of methoxy groups -OCH3 is 1. The highest BCUT2D eigenvalue weighted by atomic mass is 16.5. The van der Waals surface area contributed by atoms with E-state index >= 15 is 0 Å². The molecule has 210 valence electrons. The minimum absolute atomic E-state index is 0.246. The zero-order valence-corrected chi connectivity index (χ0v) is 22.9. The van der Waals surface area contributed by atoms with Crippen molar-refractivity contribution < 1.29 is 18.8 Å². The second kappa shape index (κ2) is 11.7. The minimum atomic E-state index is -0.288. The number of anilines is 2. The summed E-state index contributed by atoms with van der Waals surface area (Å²) in [6.45, 7) is 4.19. The van der Waals surface area contributed by atoms with Crippen LogP contribution in [0.4, 0.5) is 11.6 Å². The number of rotatable bonds is 9. The summed E-state index contributed by atoms with van der Waals surface area (Å²) in [5, 5.41) is 19.3. The van der Waals surface area contributed by atoms with E-state index in [1.54, 1.807) is 50.6 Å². The lowest BCUT2D eigenvalue weighted by Gasteiger charge is -2.23. The number of piperidine rings is 1. The molecule has 2 aromatic carbocycles. The molecular weight excluding hydrogens is 522 g/mol. The van der Waals surface area contributed by atoms with Crippen LogP contribution in [0.15, 0.2) is 71.4 Å². The van der Waals surface area contributed by atoms with Gasteiger partial charge in [0.05, 0.1) is 13.7 Å². The molecule has 0 unspecified atom stereocenters. The first-order valence-corrected chi connectivity index (χ1v) is 13.5. The number of carbonyl (C=O) groups excluding carboxylic acids is 1. The smallest absolute Gasteiger partial charge is 0.256 e. The van der Waals surface area contributed by atoms with E-state index in [1.165, 1.54) is 0 Å². The van der Waals surface area contributed by atoms with Gasteiger partial charge >= 0.3 is 0 Å². The van der Waals surface area contributed by atoms with Gasteiger partial charge in [-0.25, -0.2) is 9.67 Å². The van der Waals surface area contributed by atoms with Gasteiger partial charge in [0, 0.05) is 36.5 Å². The molecule has 6 rings (SSSR count). The van der Waals surface area contributed by atoms with E-state index in [0.717, 1.165) is 48.4 Å². The fourth-order valence-electron chi connectivity index (χ4n) is 4.85. The molecule has 1 amide bonds. The zero-order valence-electron chi connectivity index (χ0n) is 22.9. The maximum Gasteiger partial charge on any atom is 0.256 e. The summed E-state index contributed by atoms with van der Waals surface area (Å²) in [5.74, 6) is 3.43. The van der Waals surface area contributed by atoms with Gasteiger partial charge in [-0.1, -0.05) is 17.3 Å². The quantitative estimate of drug-likeness (QED) is 0.231. The highest BCUT2D eigenvalue weighted by Crippen LogP contribution is 2.35. The SMILES string of the molecule is COc1ccc(Cn2nc(N[C@@H]3CCCNC3)c3c(Oc4ccc(C(=O)Nc5cc(C)on5)cc4)ccnc32)cc1. The molecule has 1 aliphatic heterocycles. The first-order chi connectivity index (χ1) is 20.1. The third-order valence-electron chi connectivity index (χ3n) is 6.94. The normalized spacial score (nSPS) is 15.0. The van der Waals surface area contributed by atoms with Gasteiger partial charge in [-0.05, 0) is 68.3 Å². The van der Waals surface area contributed by atoms with Gasteiger partial charge in [0.1, 0.15) is 28.4 Å². The summed E-state index contributed by atoms with van der Waals surface area (Å²) in [6.07, 6.45) is 3.87. The highest BCUT2D eigenvalue weighted by molar-refractivity contribution is 6.03. The molecule has 0 aliphatic carbocycles. The molecule has 11 nitrogen and oxygen atoms in total. The van der Waals surface area contributed by atoms with Crippen LogP contribution in [0.5, 0.6) is 17.2 Å². The van der Waals surface area contributed by atoms with Crippen molar-refractivity contribution in [2.24, 2.45) is 0 Å². The molecule has 0 bridgehead atoms. The Morgan fingerprint density at radius 2 is 1.93 bits per heavy atom. The summed E-state index contributed by atoms with van der Waals surface area (Å²) >= 11 is 0. The number of aromatic nitrogens is 4. The topological polar surface area (TPSA) is 128 Å². The Balaban J connectivity index is 1.28. The molecule has 41 heavy (non-hydrogen) atoms. The summed E-state index contributed by atoms with van der Waals surface area (Å²) < 4.78 is 18.6. The van der Waals surface area contributed by atoms with E-state index in [2.05, 4.69) is 26.1 Å². The molecule has 1 aliphatic rings. The van der Waals surface area contributed by atoms with Crippen LogP contribution in [0, 0.1) is 6.92 Å². The van der Waals surface area contributed by atoms with Crippen LogP contribution in [-0.4, -0.2) is 52.1 Å². The van der Waals surface area contributed by atoms with Gasteiger partial charge in [-0.2, -0.15) is 5.10 Å². The lowest BCUT2D eigenvalue weighted by Crippen LogP contribution is -2.38. The maximum absolute atomic E-state index is 12.6. The van der Waals surface area contributed by atoms with Gasteiger partial charge < -0.3 is 29.9 Å². The summed E-state index contributed by atoms with van der Waals surface area (Å²) in [7, 11) is 1.65. The largest absolute Gasteiger partial charge is 0.497 e. The second-order valence-corrected chi connectivity index (χ2v) is 9.95. The number of pyridine rings is 1. The number of hydrogen-bond donors (Lipinski definition) is 3. The number of nitrogens with one attached hydrogen (secondary N) is 3. The van der Waals surface area contributed by atoms with Crippen LogP contribution in [0.3, 0.4) is 0 Å². The number of hydrogen-bond acceptors (Lipinski definition) is 9. The predicted molar refractivity (Wildman–Crippen MR) is 155 cm³/mol. The number of fused-ring (bicyclic) bond motifs is 1. The lowest BCUT2D eigenvalue weighted by molar-refractivity contribution is 0.102. The standard InChI is InChI=1S/C30H31N7O4/c1-19-16-26(36-41-19)34-30(38)21-7-11-24(12-8-21)40-25-13-15-32-29-27(25)28(33-22-4-3-14-31-17-22)35-37(29)18-20-5-9-23(39-2)10-6-20/h5-13,15-16,22,31H,3-4,14,17-18H2,1-2H3,(H,33,35)(H,34,36,38)/t22-/m1/s1. The first kappa shape index (κ1) is 26.3. The van der Waals surface area contributed by atoms with Gasteiger partial charge in [0.25, 0.3) is 5.91 Å². The van der Waals surface area contributed by atoms with Crippen LogP contribution >= 0.6 is 0 Å². The van der Waals surface area contributed by atoms with E-state index in [1.807, 2.05) is 35.0 Å². The Bertz CT molecular complexity index is 1640. The number of nitrogens with zero attached hydrogens (tertiary/aromatic N) is 4. The Hall–Kier alpha value is -4.90. The Kier molecular flexibility index (Phi) is 7.50. The minimum Gasteiger partial charge on any atom is -0.497 e. The maximum atomic E-state index is 12.6. The van der Waals surface area contributed by atoms with Crippen molar-refractivity contribution in [2.45, 2.75) is 32.4 Å². The van der Waals surface area contributed by atoms with Crippen LogP contribution in [-0.2, 0) is 6.54 Å². The molecule has 0 spiro atoms. The van der Waals surface area contributed by atoms with E-state index in [4.69, 9.17) is 19.1 Å². The molecule has 11 heteroatoms. The van der Waals surface area contributed by atoms with Crippen molar-refractivity contribution in [1.82, 2.24) is 25.2 Å². The zero-order chi connectivity index (χ0) is 28.2. The van der Waals surface area contributed by atoms with Crippen molar-refractivity contribution in [3.8, 4) is 17.2 Å².